The van der Waals surface area contributed by atoms with E-state index in [1.165, 1.54) is 0 Å². The van der Waals surface area contributed by atoms with E-state index < -0.39 is 0 Å². The van der Waals surface area contributed by atoms with E-state index in [1.54, 1.807) is 23.5 Å². The molecule has 2 aromatic rings. The van der Waals surface area contributed by atoms with Crippen LogP contribution in [0.1, 0.15) is 16.5 Å². The Bertz CT molecular complexity index is 483. The lowest BCUT2D eigenvalue weighted by atomic mass is 10.1. The van der Waals surface area contributed by atoms with Gasteiger partial charge in [0, 0.05) is 20.8 Å². The molecule has 1 aromatic heterocycles. The summed E-state index contributed by atoms with van der Waals surface area (Å²) in [5, 5.41) is 11.4. The normalized spacial score (nSPS) is 12.6. The number of hydrogen-bond acceptors (Lipinski definition) is 3. The van der Waals surface area contributed by atoms with Crippen LogP contribution in [0.3, 0.4) is 0 Å². The molecular formula is C12H12BrNOS. The smallest absolute Gasteiger partial charge is 0.115 e. The number of halogens is 1. The summed E-state index contributed by atoms with van der Waals surface area (Å²) in [6.45, 7) is 0. The van der Waals surface area contributed by atoms with Crippen LogP contribution in [0.25, 0.3) is 0 Å². The van der Waals surface area contributed by atoms with Gasteiger partial charge in [0.25, 0.3) is 0 Å². The highest BCUT2D eigenvalue weighted by Gasteiger charge is 2.09. The summed E-state index contributed by atoms with van der Waals surface area (Å²) in [4.78, 5) is 1.15. The van der Waals surface area contributed by atoms with Crippen molar-refractivity contribution < 1.29 is 5.11 Å². The van der Waals surface area contributed by atoms with Gasteiger partial charge in [-0.15, -0.1) is 11.3 Å². The molecule has 0 aliphatic carbocycles. The molecular weight excluding hydrogens is 286 g/mol. The Morgan fingerprint density at radius 3 is 2.81 bits per heavy atom. The van der Waals surface area contributed by atoms with Gasteiger partial charge in [0.15, 0.2) is 0 Å². The number of benzene rings is 1. The highest BCUT2D eigenvalue weighted by atomic mass is 79.9. The van der Waals surface area contributed by atoms with E-state index in [2.05, 4.69) is 15.9 Å². The molecule has 16 heavy (non-hydrogen) atoms. The third-order valence-corrected chi connectivity index (χ3v) is 4.14. The molecule has 0 saturated heterocycles. The molecule has 0 radical (unpaired) electrons. The predicted octanol–water partition coefficient (Wildman–Crippen LogP) is 3.46. The third-order valence-electron chi connectivity index (χ3n) is 2.32. The molecule has 1 heterocycles. The fourth-order valence-electron chi connectivity index (χ4n) is 1.56. The summed E-state index contributed by atoms with van der Waals surface area (Å²) >= 11 is 5.06. The minimum absolute atomic E-state index is 0.0156. The molecule has 2 rings (SSSR count). The van der Waals surface area contributed by atoms with Crippen LogP contribution in [0.4, 0.5) is 0 Å². The second-order valence-electron chi connectivity index (χ2n) is 3.65. The van der Waals surface area contributed by atoms with Crippen LogP contribution < -0.4 is 5.73 Å². The van der Waals surface area contributed by atoms with Gasteiger partial charge in [-0.3, -0.25) is 0 Å². The van der Waals surface area contributed by atoms with Crippen LogP contribution >= 0.6 is 27.3 Å². The Morgan fingerprint density at radius 1 is 1.38 bits per heavy atom. The van der Waals surface area contributed by atoms with Gasteiger partial charge in [-0.05, 0) is 46.1 Å². The Balaban J connectivity index is 2.10. The standard InChI is InChI=1S/C12H12BrNOS/c13-9-6-12(16-7-9)11(14)5-8-2-1-3-10(15)4-8/h1-4,6-7,11,15H,5,14H2. The Hall–Kier alpha value is -0.840. The average molecular weight is 298 g/mol. The molecule has 0 saturated carbocycles. The third kappa shape index (κ3) is 2.84. The molecule has 0 aliphatic rings. The molecule has 0 amide bonds. The summed E-state index contributed by atoms with van der Waals surface area (Å²) in [5.74, 6) is 0.289. The molecule has 2 nitrogen and oxygen atoms in total. The summed E-state index contributed by atoms with van der Waals surface area (Å²) in [6.07, 6.45) is 0.737. The van der Waals surface area contributed by atoms with E-state index in [0.717, 1.165) is 21.3 Å². The number of thiophene rings is 1. The van der Waals surface area contributed by atoms with Crippen LogP contribution in [0.5, 0.6) is 5.75 Å². The van der Waals surface area contributed by atoms with Gasteiger partial charge in [0.2, 0.25) is 0 Å². The van der Waals surface area contributed by atoms with Crippen molar-refractivity contribution in [1.29, 1.82) is 0 Å². The highest BCUT2D eigenvalue weighted by molar-refractivity contribution is 9.10. The molecule has 84 valence electrons. The zero-order chi connectivity index (χ0) is 11.5. The first-order valence-corrected chi connectivity index (χ1v) is 6.60. The molecule has 4 heteroatoms. The largest absolute Gasteiger partial charge is 0.508 e. The molecule has 0 bridgehead atoms. The maximum absolute atomic E-state index is 9.35. The number of rotatable bonds is 3. The maximum Gasteiger partial charge on any atom is 0.115 e. The molecule has 1 unspecified atom stereocenters. The van der Waals surface area contributed by atoms with Crippen molar-refractivity contribution in [3.63, 3.8) is 0 Å². The first-order valence-electron chi connectivity index (χ1n) is 4.92. The van der Waals surface area contributed by atoms with Crippen LogP contribution in [0, 0.1) is 0 Å². The van der Waals surface area contributed by atoms with Gasteiger partial charge in [-0.25, -0.2) is 0 Å². The Kier molecular flexibility index (Phi) is 3.63. The zero-order valence-corrected chi connectivity index (χ0v) is 11.0. The molecule has 3 N–H and O–H groups in total. The Morgan fingerprint density at radius 2 is 2.19 bits per heavy atom. The fourth-order valence-corrected chi connectivity index (χ4v) is 3.01. The van der Waals surface area contributed by atoms with E-state index in [1.807, 2.05) is 23.6 Å². The van der Waals surface area contributed by atoms with Crippen molar-refractivity contribution >= 4 is 27.3 Å². The van der Waals surface area contributed by atoms with Gasteiger partial charge in [-0.2, -0.15) is 0 Å². The van der Waals surface area contributed by atoms with Crippen LogP contribution in [0.15, 0.2) is 40.2 Å². The molecule has 0 aliphatic heterocycles. The number of hydrogen-bond donors (Lipinski definition) is 2. The van der Waals surface area contributed by atoms with Crippen LogP contribution in [-0.2, 0) is 6.42 Å². The van der Waals surface area contributed by atoms with E-state index >= 15 is 0 Å². The second kappa shape index (κ2) is 4.99. The number of nitrogens with two attached hydrogens (primary N) is 1. The van der Waals surface area contributed by atoms with E-state index in [0.29, 0.717) is 0 Å². The summed E-state index contributed by atoms with van der Waals surface area (Å²) in [5.41, 5.74) is 7.15. The highest BCUT2D eigenvalue weighted by Crippen LogP contribution is 2.26. The van der Waals surface area contributed by atoms with E-state index in [-0.39, 0.29) is 11.8 Å². The van der Waals surface area contributed by atoms with Gasteiger partial charge in [0.1, 0.15) is 5.75 Å². The summed E-state index contributed by atoms with van der Waals surface area (Å²) < 4.78 is 1.07. The lowest BCUT2D eigenvalue weighted by Crippen LogP contribution is -2.11. The molecule has 1 aromatic carbocycles. The van der Waals surface area contributed by atoms with Crippen molar-refractivity contribution in [3.05, 3.63) is 50.6 Å². The van der Waals surface area contributed by atoms with Crippen molar-refractivity contribution in [3.8, 4) is 5.75 Å². The van der Waals surface area contributed by atoms with Gasteiger partial charge >= 0.3 is 0 Å². The predicted molar refractivity (Wildman–Crippen MR) is 70.8 cm³/mol. The second-order valence-corrected chi connectivity index (χ2v) is 5.51. The van der Waals surface area contributed by atoms with Crippen molar-refractivity contribution in [2.45, 2.75) is 12.5 Å². The lowest BCUT2D eigenvalue weighted by Gasteiger charge is -2.09. The zero-order valence-electron chi connectivity index (χ0n) is 8.56. The summed E-state index contributed by atoms with van der Waals surface area (Å²) in [7, 11) is 0. The summed E-state index contributed by atoms with van der Waals surface area (Å²) in [6, 6.07) is 9.25. The minimum atomic E-state index is -0.0156. The van der Waals surface area contributed by atoms with Crippen molar-refractivity contribution in [2.24, 2.45) is 5.73 Å². The number of phenolic OH excluding ortho intramolecular Hbond substituents is 1. The van der Waals surface area contributed by atoms with Gasteiger partial charge < -0.3 is 10.8 Å². The fraction of sp³-hybridized carbons (Fsp3) is 0.167. The first kappa shape index (κ1) is 11.6. The Labute approximate surface area is 107 Å². The average Bonchev–Trinajstić information content (AvgIpc) is 2.65. The topological polar surface area (TPSA) is 46.2 Å². The number of aromatic hydroxyl groups is 1. The van der Waals surface area contributed by atoms with Gasteiger partial charge in [-0.1, -0.05) is 12.1 Å². The molecule has 0 fully saturated rings. The van der Waals surface area contributed by atoms with Gasteiger partial charge in [0.05, 0.1) is 0 Å². The van der Waals surface area contributed by atoms with E-state index in [4.69, 9.17) is 5.73 Å². The van der Waals surface area contributed by atoms with E-state index in [9.17, 15) is 5.11 Å². The maximum atomic E-state index is 9.35. The molecule has 0 spiro atoms. The van der Waals surface area contributed by atoms with Crippen molar-refractivity contribution in [2.75, 3.05) is 0 Å². The van der Waals surface area contributed by atoms with Crippen LogP contribution in [0.2, 0.25) is 0 Å². The number of phenols is 1. The molecule has 1 atom stereocenters. The minimum Gasteiger partial charge on any atom is -0.508 e. The van der Waals surface area contributed by atoms with Crippen LogP contribution in [-0.4, -0.2) is 5.11 Å². The van der Waals surface area contributed by atoms with Crippen molar-refractivity contribution in [1.82, 2.24) is 0 Å². The SMILES string of the molecule is NC(Cc1cccc(O)c1)c1cc(Br)cs1. The first-order chi connectivity index (χ1) is 7.65. The quantitative estimate of drug-likeness (QED) is 0.911. The monoisotopic (exact) mass is 297 g/mol. The lowest BCUT2D eigenvalue weighted by molar-refractivity contribution is 0.474.